The number of carbonyl (C=O) groups is 3. The molecule has 1 aliphatic heterocycles. The number of likely N-dealkylation sites (tertiary alicyclic amines) is 1. The van der Waals surface area contributed by atoms with Crippen LogP contribution in [0.2, 0.25) is 5.02 Å². The summed E-state index contributed by atoms with van der Waals surface area (Å²) >= 11 is 6.55. The molecule has 3 heterocycles. The van der Waals surface area contributed by atoms with E-state index in [2.05, 4.69) is 36.2 Å². The molecule has 272 valence electrons. The zero-order chi connectivity index (χ0) is 36.0. The molecule has 3 amide bonds. The quantitative estimate of drug-likeness (QED) is 0.146. The molecule has 0 aliphatic carbocycles. The Morgan fingerprint density at radius 3 is 2.51 bits per heavy atom. The van der Waals surface area contributed by atoms with Crippen molar-refractivity contribution in [2.24, 2.45) is 5.41 Å². The average Bonchev–Trinajstić information content (AvgIpc) is 3.60. The van der Waals surface area contributed by atoms with Gasteiger partial charge in [-0.25, -0.2) is 9.97 Å². The van der Waals surface area contributed by atoms with Crippen LogP contribution in [0.25, 0.3) is 10.9 Å². The van der Waals surface area contributed by atoms with Crippen LogP contribution in [0.5, 0.6) is 11.5 Å². The van der Waals surface area contributed by atoms with Gasteiger partial charge in [-0.3, -0.25) is 19.4 Å². The smallest absolute Gasteiger partial charge is 0.247 e. The van der Waals surface area contributed by atoms with Crippen molar-refractivity contribution in [3.63, 3.8) is 0 Å². The molecule has 5 rings (SSSR count). The molecule has 1 saturated heterocycles. The summed E-state index contributed by atoms with van der Waals surface area (Å²) in [5.74, 6) is 0.418. The second-order valence-electron chi connectivity index (χ2n) is 13.2. The third kappa shape index (κ3) is 9.34. The largest absolute Gasteiger partial charge is 0.494 e. The van der Waals surface area contributed by atoms with Crippen molar-refractivity contribution in [1.29, 1.82) is 0 Å². The van der Waals surface area contributed by atoms with Crippen molar-refractivity contribution in [3.8, 4) is 11.5 Å². The van der Waals surface area contributed by atoms with Gasteiger partial charge in [0.2, 0.25) is 17.7 Å². The lowest BCUT2D eigenvalue weighted by Crippen LogP contribution is -2.59. The van der Waals surface area contributed by atoms with Crippen LogP contribution in [-0.4, -0.2) is 76.4 Å². The highest BCUT2D eigenvalue weighted by molar-refractivity contribution is 6.32. The van der Waals surface area contributed by atoms with Gasteiger partial charge in [-0.1, -0.05) is 38.4 Å². The van der Waals surface area contributed by atoms with E-state index in [9.17, 15) is 14.4 Å². The SMILES string of the molecule is CNC(C)C(=O)NC(C(=O)N1CCCC1C(=O)Nc1cc2c(Nc3ccc(OCc4ccccn4)c(Cl)c3)ncnc2cc1OC)C(C)(C)C.Cl. The second kappa shape index (κ2) is 17.0. The Labute approximate surface area is 308 Å². The fourth-order valence-corrected chi connectivity index (χ4v) is 5.88. The minimum Gasteiger partial charge on any atom is -0.494 e. The second-order valence-corrected chi connectivity index (χ2v) is 13.6. The normalized spacial score (nSPS) is 15.4. The van der Waals surface area contributed by atoms with Gasteiger partial charge in [0.15, 0.2) is 0 Å². The summed E-state index contributed by atoms with van der Waals surface area (Å²) in [6.07, 6.45) is 4.25. The monoisotopic (exact) mass is 738 g/mol. The number of benzene rings is 2. The van der Waals surface area contributed by atoms with Gasteiger partial charge in [0, 0.05) is 29.9 Å². The van der Waals surface area contributed by atoms with Crippen LogP contribution >= 0.6 is 24.0 Å². The zero-order valence-electron chi connectivity index (χ0n) is 29.5. The number of likely N-dealkylation sites (N-methyl/N-ethyl adjacent to an activating group) is 1. The maximum atomic E-state index is 13.9. The van der Waals surface area contributed by atoms with E-state index in [0.29, 0.717) is 64.0 Å². The number of nitrogens with one attached hydrogen (secondary N) is 4. The van der Waals surface area contributed by atoms with Crippen LogP contribution < -0.4 is 30.7 Å². The van der Waals surface area contributed by atoms with Crippen molar-refractivity contribution in [1.82, 2.24) is 30.5 Å². The van der Waals surface area contributed by atoms with Crippen LogP contribution in [0.3, 0.4) is 0 Å². The zero-order valence-corrected chi connectivity index (χ0v) is 31.0. The molecule has 0 spiro atoms. The van der Waals surface area contributed by atoms with Crippen LogP contribution in [-0.2, 0) is 21.0 Å². The van der Waals surface area contributed by atoms with Gasteiger partial charge in [0.1, 0.15) is 42.3 Å². The van der Waals surface area contributed by atoms with Gasteiger partial charge in [-0.2, -0.15) is 0 Å². The number of methoxy groups -OCH3 is 1. The molecule has 0 saturated carbocycles. The first-order chi connectivity index (χ1) is 23.9. The van der Waals surface area contributed by atoms with Gasteiger partial charge in [-0.15, -0.1) is 12.4 Å². The molecule has 4 N–H and O–H groups in total. The molecule has 15 heteroatoms. The molecule has 2 aromatic heterocycles. The first kappa shape index (κ1) is 39.1. The molecule has 1 fully saturated rings. The first-order valence-corrected chi connectivity index (χ1v) is 16.8. The summed E-state index contributed by atoms with van der Waals surface area (Å²) < 4.78 is 11.5. The van der Waals surface area contributed by atoms with Crippen LogP contribution in [0, 0.1) is 5.41 Å². The molecule has 3 atom stereocenters. The van der Waals surface area contributed by atoms with Gasteiger partial charge >= 0.3 is 0 Å². The number of halogens is 2. The van der Waals surface area contributed by atoms with Gasteiger partial charge in [0.05, 0.1) is 35.1 Å². The lowest BCUT2D eigenvalue weighted by Gasteiger charge is -2.36. The third-order valence-corrected chi connectivity index (χ3v) is 8.87. The molecule has 2 aromatic carbocycles. The van der Waals surface area contributed by atoms with E-state index in [0.717, 1.165) is 5.69 Å². The highest BCUT2D eigenvalue weighted by Gasteiger charge is 2.42. The summed E-state index contributed by atoms with van der Waals surface area (Å²) in [7, 11) is 3.19. The standard InChI is InChI=1S/C36H43ClN8O5.ClH/c1-21(38-5)33(46)44-31(36(2,3)4)35(48)45-15-9-11-28(45)34(47)43-27-17-24-26(18-30(27)49-6)40-20-41-32(24)42-22-12-13-29(25(37)16-22)50-19-23-10-7-8-14-39-23;/h7-8,10,12-14,16-18,20-21,28,31,38H,9,11,15,19H2,1-6H3,(H,43,47)(H,44,46)(H,40,41,42);1H. The molecule has 0 bridgehead atoms. The summed E-state index contributed by atoms with van der Waals surface area (Å²) in [6.45, 7) is 8.06. The maximum Gasteiger partial charge on any atom is 0.247 e. The molecular weight excluding hydrogens is 695 g/mol. The Kier molecular flexibility index (Phi) is 13.0. The number of pyridine rings is 1. The fraction of sp³-hybridized carbons (Fsp3) is 0.389. The van der Waals surface area contributed by atoms with Crippen molar-refractivity contribution < 1.29 is 23.9 Å². The molecule has 3 unspecified atom stereocenters. The van der Waals surface area contributed by atoms with Crippen molar-refractivity contribution >= 4 is 69.8 Å². The van der Waals surface area contributed by atoms with Gasteiger partial charge < -0.3 is 35.6 Å². The number of ether oxygens (including phenoxy) is 2. The van der Waals surface area contributed by atoms with Crippen molar-refractivity contribution in [3.05, 3.63) is 71.8 Å². The third-order valence-electron chi connectivity index (χ3n) is 8.58. The summed E-state index contributed by atoms with van der Waals surface area (Å²) in [6, 6.07) is 12.3. The lowest BCUT2D eigenvalue weighted by molar-refractivity contribution is -0.143. The number of carbonyl (C=O) groups excluding carboxylic acids is 3. The van der Waals surface area contributed by atoms with E-state index >= 15 is 0 Å². The maximum absolute atomic E-state index is 13.9. The highest BCUT2D eigenvalue weighted by atomic mass is 35.5. The first-order valence-electron chi connectivity index (χ1n) is 16.4. The van der Waals surface area contributed by atoms with Gasteiger partial charge in [-0.05, 0) is 68.6 Å². The Morgan fingerprint density at radius 2 is 1.84 bits per heavy atom. The highest BCUT2D eigenvalue weighted by Crippen LogP contribution is 2.35. The van der Waals surface area contributed by atoms with E-state index in [1.54, 1.807) is 49.3 Å². The Hall–Kier alpha value is -4.72. The minimum absolute atomic E-state index is 0. The number of aromatic nitrogens is 3. The Morgan fingerprint density at radius 1 is 1.06 bits per heavy atom. The van der Waals surface area contributed by atoms with E-state index in [1.807, 2.05) is 45.0 Å². The van der Waals surface area contributed by atoms with Crippen LogP contribution in [0.1, 0.15) is 46.2 Å². The Balaban J connectivity index is 0.00000583. The molecule has 1 aliphatic rings. The summed E-state index contributed by atoms with van der Waals surface area (Å²) in [5, 5.41) is 13.1. The average molecular weight is 740 g/mol. The number of hydrogen-bond acceptors (Lipinski definition) is 10. The fourth-order valence-electron chi connectivity index (χ4n) is 5.65. The van der Waals surface area contributed by atoms with E-state index in [-0.39, 0.29) is 36.7 Å². The number of anilines is 3. The van der Waals surface area contributed by atoms with Gasteiger partial charge in [0.25, 0.3) is 0 Å². The number of rotatable bonds is 12. The topological polar surface area (TPSA) is 160 Å². The number of fused-ring (bicyclic) bond motifs is 1. The van der Waals surface area contributed by atoms with Crippen molar-refractivity contribution in [2.45, 2.75) is 65.3 Å². The van der Waals surface area contributed by atoms with E-state index in [1.165, 1.54) is 13.4 Å². The molecule has 13 nitrogen and oxygen atoms in total. The van der Waals surface area contributed by atoms with Crippen molar-refractivity contribution in [2.75, 3.05) is 31.3 Å². The Bertz CT molecular complexity index is 1860. The molecule has 0 radical (unpaired) electrons. The number of nitrogens with zero attached hydrogens (tertiary/aromatic N) is 4. The van der Waals surface area contributed by atoms with Crippen LogP contribution in [0.4, 0.5) is 17.2 Å². The summed E-state index contributed by atoms with van der Waals surface area (Å²) in [4.78, 5) is 55.2. The van der Waals surface area contributed by atoms with E-state index in [4.69, 9.17) is 21.1 Å². The predicted molar refractivity (Wildman–Crippen MR) is 200 cm³/mol. The minimum atomic E-state index is -0.824. The molecule has 51 heavy (non-hydrogen) atoms. The molecule has 4 aromatic rings. The van der Waals surface area contributed by atoms with E-state index < -0.39 is 23.5 Å². The van der Waals surface area contributed by atoms with Crippen LogP contribution in [0.15, 0.2) is 61.1 Å². The number of amides is 3. The predicted octanol–water partition coefficient (Wildman–Crippen LogP) is 5.50. The summed E-state index contributed by atoms with van der Waals surface area (Å²) in [5.41, 5.74) is 1.82. The lowest BCUT2D eigenvalue weighted by atomic mass is 9.85. The molecular formula is C36H44Cl2N8O5. The number of hydrogen-bond donors (Lipinski definition) is 4.